The molecule has 1 rings (SSSR count). The van der Waals surface area contributed by atoms with Gasteiger partial charge in [-0.1, -0.05) is 6.08 Å². The highest BCUT2D eigenvalue weighted by Crippen LogP contribution is 2.25. The van der Waals surface area contributed by atoms with E-state index >= 15 is 0 Å². The molecule has 0 aliphatic rings. The highest BCUT2D eigenvalue weighted by Gasteiger charge is 2.07. The second-order valence-electron chi connectivity index (χ2n) is 3.26. The lowest BCUT2D eigenvalue weighted by atomic mass is 10.0. The summed E-state index contributed by atoms with van der Waals surface area (Å²) in [6.07, 6.45) is 3.37. The minimum Gasteiger partial charge on any atom is -0.508 e. The normalized spacial score (nSPS) is 12.4. The second kappa shape index (κ2) is 4.67. The fourth-order valence-electron chi connectivity index (χ4n) is 1.30. The van der Waals surface area contributed by atoms with E-state index < -0.39 is 0 Å². The first-order valence-corrected chi connectivity index (χ1v) is 4.53. The van der Waals surface area contributed by atoms with Crippen LogP contribution in [0.5, 0.6) is 11.5 Å². The van der Waals surface area contributed by atoms with Crippen molar-refractivity contribution in [2.24, 2.45) is 5.73 Å². The van der Waals surface area contributed by atoms with Crippen molar-refractivity contribution in [2.45, 2.75) is 18.9 Å². The maximum atomic E-state index is 9.23. The molecule has 3 heteroatoms. The molecule has 0 bridgehead atoms. The fraction of sp³-hybridized carbons (Fsp3) is 0.273. The zero-order valence-corrected chi connectivity index (χ0v) is 7.98. The van der Waals surface area contributed by atoms with Gasteiger partial charge in [-0.15, -0.1) is 6.58 Å². The molecule has 1 aromatic carbocycles. The Morgan fingerprint density at radius 2 is 1.86 bits per heavy atom. The van der Waals surface area contributed by atoms with Gasteiger partial charge in [0.05, 0.1) is 0 Å². The van der Waals surface area contributed by atoms with Gasteiger partial charge in [0, 0.05) is 12.1 Å². The summed E-state index contributed by atoms with van der Waals surface area (Å²) >= 11 is 0. The van der Waals surface area contributed by atoms with Gasteiger partial charge in [-0.2, -0.15) is 0 Å². The molecule has 0 unspecified atom stereocenters. The molecule has 76 valence electrons. The van der Waals surface area contributed by atoms with Crippen LogP contribution in [0.3, 0.4) is 0 Å². The largest absolute Gasteiger partial charge is 0.508 e. The van der Waals surface area contributed by atoms with Gasteiger partial charge in [-0.3, -0.25) is 0 Å². The molecule has 0 aliphatic heterocycles. The van der Waals surface area contributed by atoms with Crippen LogP contribution in [0.15, 0.2) is 30.9 Å². The SMILES string of the molecule is C=CCC[C@H](N)c1cc(O)cc(O)c1. The summed E-state index contributed by atoms with van der Waals surface area (Å²) in [6.45, 7) is 3.61. The zero-order chi connectivity index (χ0) is 10.6. The highest BCUT2D eigenvalue weighted by atomic mass is 16.3. The molecule has 0 radical (unpaired) electrons. The van der Waals surface area contributed by atoms with E-state index in [2.05, 4.69) is 6.58 Å². The molecule has 0 saturated heterocycles. The van der Waals surface area contributed by atoms with Crippen molar-refractivity contribution in [1.82, 2.24) is 0 Å². The van der Waals surface area contributed by atoms with Gasteiger partial charge in [0.1, 0.15) is 11.5 Å². The maximum absolute atomic E-state index is 9.23. The predicted molar refractivity (Wildman–Crippen MR) is 56.1 cm³/mol. The van der Waals surface area contributed by atoms with E-state index in [0.717, 1.165) is 18.4 Å². The Labute approximate surface area is 83.5 Å². The first-order chi connectivity index (χ1) is 6.63. The van der Waals surface area contributed by atoms with Gasteiger partial charge in [0.25, 0.3) is 0 Å². The van der Waals surface area contributed by atoms with Gasteiger partial charge in [0.15, 0.2) is 0 Å². The summed E-state index contributed by atoms with van der Waals surface area (Å²) < 4.78 is 0. The summed E-state index contributed by atoms with van der Waals surface area (Å²) in [7, 11) is 0. The van der Waals surface area contributed by atoms with Crippen LogP contribution in [0, 0.1) is 0 Å². The third-order valence-electron chi connectivity index (χ3n) is 2.03. The molecule has 0 saturated carbocycles. The summed E-state index contributed by atoms with van der Waals surface area (Å²) in [4.78, 5) is 0. The first-order valence-electron chi connectivity index (χ1n) is 4.53. The Kier molecular flexibility index (Phi) is 3.54. The predicted octanol–water partition coefficient (Wildman–Crippen LogP) is 2.06. The standard InChI is InChI=1S/C11H15NO2/c1-2-3-4-11(12)8-5-9(13)7-10(14)6-8/h2,5-7,11,13-14H,1,3-4,12H2/t11-/m0/s1. The number of nitrogens with two attached hydrogens (primary N) is 1. The number of hydrogen-bond donors (Lipinski definition) is 3. The summed E-state index contributed by atoms with van der Waals surface area (Å²) in [6, 6.07) is 4.23. The third kappa shape index (κ3) is 2.78. The Morgan fingerprint density at radius 3 is 2.36 bits per heavy atom. The molecule has 0 aliphatic carbocycles. The third-order valence-corrected chi connectivity index (χ3v) is 2.03. The number of rotatable bonds is 4. The van der Waals surface area contributed by atoms with Gasteiger partial charge < -0.3 is 15.9 Å². The van der Waals surface area contributed by atoms with Crippen molar-refractivity contribution in [2.75, 3.05) is 0 Å². The molecule has 1 atom stereocenters. The van der Waals surface area contributed by atoms with Crippen LogP contribution in [0.1, 0.15) is 24.4 Å². The average Bonchev–Trinajstić information content (AvgIpc) is 2.12. The molecule has 1 aromatic rings. The number of phenolic OH excluding ortho intramolecular Hbond substituents is 2. The van der Waals surface area contributed by atoms with E-state index in [1.807, 2.05) is 0 Å². The van der Waals surface area contributed by atoms with E-state index in [1.165, 1.54) is 6.07 Å². The molecule has 14 heavy (non-hydrogen) atoms. The van der Waals surface area contributed by atoms with Crippen LogP contribution in [-0.4, -0.2) is 10.2 Å². The van der Waals surface area contributed by atoms with E-state index in [0.29, 0.717) is 0 Å². The summed E-state index contributed by atoms with van der Waals surface area (Å²) in [5, 5.41) is 18.5. The Morgan fingerprint density at radius 1 is 1.29 bits per heavy atom. The first kappa shape index (κ1) is 10.6. The van der Waals surface area contributed by atoms with Gasteiger partial charge in [-0.05, 0) is 30.5 Å². The number of allylic oxidation sites excluding steroid dienone is 1. The molecule has 0 fully saturated rings. The minimum atomic E-state index is -0.175. The van der Waals surface area contributed by atoms with E-state index in [4.69, 9.17) is 5.73 Å². The van der Waals surface area contributed by atoms with Crippen molar-refractivity contribution in [1.29, 1.82) is 0 Å². The quantitative estimate of drug-likeness (QED) is 0.641. The lowest BCUT2D eigenvalue weighted by Gasteiger charge is -2.11. The van der Waals surface area contributed by atoms with Gasteiger partial charge in [-0.25, -0.2) is 0 Å². The Bertz CT molecular complexity index is 303. The van der Waals surface area contributed by atoms with E-state index in [9.17, 15) is 10.2 Å². The molecule has 0 spiro atoms. The monoisotopic (exact) mass is 193 g/mol. The molecule has 0 amide bonds. The lowest BCUT2D eigenvalue weighted by Crippen LogP contribution is -2.09. The van der Waals surface area contributed by atoms with Gasteiger partial charge >= 0.3 is 0 Å². The van der Waals surface area contributed by atoms with Gasteiger partial charge in [0.2, 0.25) is 0 Å². The van der Waals surface area contributed by atoms with Crippen LogP contribution in [0.2, 0.25) is 0 Å². The highest BCUT2D eigenvalue weighted by molar-refractivity contribution is 5.37. The lowest BCUT2D eigenvalue weighted by molar-refractivity contribution is 0.447. The number of aromatic hydroxyl groups is 2. The van der Waals surface area contributed by atoms with Crippen LogP contribution in [0.25, 0.3) is 0 Å². The molecule has 4 N–H and O–H groups in total. The van der Waals surface area contributed by atoms with Crippen LogP contribution < -0.4 is 5.73 Å². The van der Waals surface area contributed by atoms with Crippen LogP contribution >= 0.6 is 0 Å². The Hall–Kier alpha value is -1.48. The van der Waals surface area contributed by atoms with Crippen molar-refractivity contribution in [3.63, 3.8) is 0 Å². The van der Waals surface area contributed by atoms with Crippen molar-refractivity contribution in [3.05, 3.63) is 36.4 Å². The van der Waals surface area contributed by atoms with Crippen LogP contribution in [-0.2, 0) is 0 Å². The summed E-state index contributed by atoms with van der Waals surface area (Å²) in [5.74, 6) is 0.0723. The molecular formula is C11H15NO2. The van der Waals surface area contributed by atoms with Crippen molar-refractivity contribution < 1.29 is 10.2 Å². The molecular weight excluding hydrogens is 178 g/mol. The summed E-state index contributed by atoms with van der Waals surface area (Å²) in [5.41, 5.74) is 6.59. The van der Waals surface area contributed by atoms with E-state index in [-0.39, 0.29) is 17.5 Å². The fourth-order valence-corrected chi connectivity index (χ4v) is 1.30. The second-order valence-corrected chi connectivity index (χ2v) is 3.26. The smallest absolute Gasteiger partial charge is 0.119 e. The number of phenols is 2. The van der Waals surface area contributed by atoms with Crippen LogP contribution in [0.4, 0.5) is 0 Å². The van der Waals surface area contributed by atoms with Crippen molar-refractivity contribution in [3.8, 4) is 11.5 Å². The van der Waals surface area contributed by atoms with E-state index in [1.54, 1.807) is 18.2 Å². The number of benzene rings is 1. The topological polar surface area (TPSA) is 66.5 Å². The zero-order valence-electron chi connectivity index (χ0n) is 7.98. The maximum Gasteiger partial charge on any atom is 0.119 e. The molecule has 0 heterocycles. The molecule has 0 aromatic heterocycles. The average molecular weight is 193 g/mol. The van der Waals surface area contributed by atoms with Crippen molar-refractivity contribution >= 4 is 0 Å². The minimum absolute atomic E-state index is 0.0362. The Balaban J connectivity index is 2.78. The molecule has 3 nitrogen and oxygen atoms in total. The number of hydrogen-bond acceptors (Lipinski definition) is 3.